The van der Waals surface area contributed by atoms with Gasteiger partial charge in [-0.3, -0.25) is 4.79 Å². The SMILES string of the molecule is CCOC(=O)C(=O)Cc1cc(C)ccc1C. The van der Waals surface area contributed by atoms with Crippen LogP contribution in [0.3, 0.4) is 0 Å². The molecule has 0 amide bonds. The molecule has 0 unspecified atom stereocenters. The first-order valence-electron chi connectivity index (χ1n) is 5.30. The van der Waals surface area contributed by atoms with Crippen LogP contribution in [0.5, 0.6) is 0 Å². The molecule has 0 spiro atoms. The van der Waals surface area contributed by atoms with E-state index in [1.165, 1.54) is 0 Å². The lowest BCUT2D eigenvalue weighted by Crippen LogP contribution is -2.19. The summed E-state index contributed by atoms with van der Waals surface area (Å²) in [6.45, 7) is 5.80. The fourth-order valence-corrected chi connectivity index (χ4v) is 1.45. The molecule has 0 aliphatic rings. The van der Waals surface area contributed by atoms with Crippen molar-refractivity contribution in [3.05, 3.63) is 34.9 Å². The largest absolute Gasteiger partial charge is 0.460 e. The van der Waals surface area contributed by atoms with E-state index in [-0.39, 0.29) is 13.0 Å². The Bertz CT molecular complexity index is 408. The zero-order valence-electron chi connectivity index (χ0n) is 9.87. The summed E-state index contributed by atoms with van der Waals surface area (Å²) in [6, 6.07) is 5.85. The van der Waals surface area contributed by atoms with Crippen molar-refractivity contribution in [2.45, 2.75) is 27.2 Å². The third-order valence-electron chi connectivity index (χ3n) is 2.36. The summed E-state index contributed by atoms with van der Waals surface area (Å²) in [5, 5.41) is 0. The lowest BCUT2D eigenvalue weighted by Gasteiger charge is -2.06. The standard InChI is InChI=1S/C13H16O3/c1-4-16-13(15)12(14)8-11-7-9(2)5-6-10(11)3/h5-7H,4,8H2,1-3H3. The Hall–Kier alpha value is -1.64. The Balaban J connectivity index is 2.76. The van der Waals surface area contributed by atoms with Crippen molar-refractivity contribution in [3.63, 3.8) is 0 Å². The van der Waals surface area contributed by atoms with Crippen LogP contribution in [0.2, 0.25) is 0 Å². The molecule has 3 nitrogen and oxygen atoms in total. The van der Waals surface area contributed by atoms with Gasteiger partial charge in [0.25, 0.3) is 0 Å². The molecule has 0 saturated heterocycles. The molecule has 86 valence electrons. The molecule has 1 aromatic carbocycles. The maximum Gasteiger partial charge on any atom is 0.374 e. The van der Waals surface area contributed by atoms with Gasteiger partial charge in [0.15, 0.2) is 0 Å². The molecule has 0 radical (unpaired) electrons. The summed E-state index contributed by atoms with van der Waals surface area (Å²) in [5.74, 6) is -1.24. The number of esters is 1. The zero-order valence-corrected chi connectivity index (χ0v) is 9.87. The normalized spacial score (nSPS) is 9.94. The highest BCUT2D eigenvalue weighted by Gasteiger charge is 2.16. The Kier molecular flexibility index (Phi) is 4.23. The number of Topliss-reactive ketones (excluding diaryl/α,β-unsaturated/α-hetero) is 1. The van der Waals surface area contributed by atoms with Crippen LogP contribution in [-0.4, -0.2) is 18.4 Å². The Labute approximate surface area is 95.4 Å². The fraction of sp³-hybridized carbons (Fsp3) is 0.385. The van der Waals surface area contributed by atoms with Crippen molar-refractivity contribution in [1.82, 2.24) is 0 Å². The first-order chi connectivity index (χ1) is 7.54. The molecule has 0 heterocycles. The molecule has 0 atom stereocenters. The summed E-state index contributed by atoms with van der Waals surface area (Å²) < 4.78 is 4.66. The maximum absolute atomic E-state index is 11.5. The monoisotopic (exact) mass is 220 g/mol. The third-order valence-corrected chi connectivity index (χ3v) is 2.36. The van der Waals surface area contributed by atoms with Crippen LogP contribution in [0.15, 0.2) is 18.2 Å². The minimum Gasteiger partial charge on any atom is -0.460 e. The molecular formula is C13H16O3. The summed E-state index contributed by atoms with van der Waals surface area (Å²) in [4.78, 5) is 22.7. The number of ketones is 1. The molecule has 0 bridgehead atoms. The number of carbonyl (C=O) groups excluding carboxylic acids is 2. The Morgan fingerprint density at radius 2 is 1.94 bits per heavy atom. The van der Waals surface area contributed by atoms with E-state index in [1.807, 2.05) is 32.0 Å². The number of benzene rings is 1. The molecule has 0 aromatic heterocycles. The predicted octanol–water partition coefficient (Wildman–Crippen LogP) is 1.98. The van der Waals surface area contributed by atoms with Crippen LogP contribution in [0, 0.1) is 13.8 Å². The Morgan fingerprint density at radius 3 is 2.56 bits per heavy atom. The van der Waals surface area contributed by atoms with Crippen molar-refractivity contribution >= 4 is 11.8 Å². The van der Waals surface area contributed by atoms with Crippen LogP contribution >= 0.6 is 0 Å². The molecule has 3 heteroatoms. The second-order valence-corrected chi connectivity index (χ2v) is 3.75. The van der Waals surface area contributed by atoms with E-state index in [1.54, 1.807) is 6.92 Å². The molecule has 0 saturated carbocycles. The average molecular weight is 220 g/mol. The van der Waals surface area contributed by atoms with Gasteiger partial charge in [-0.2, -0.15) is 0 Å². The summed E-state index contributed by atoms with van der Waals surface area (Å²) in [5.41, 5.74) is 2.98. The van der Waals surface area contributed by atoms with Gasteiger partial charge in [-0.1, -0.05) is 23.8 Å². The summed E-state index contributed by atoms with van der Waals surface area (Å²) >= 11 is 0. The minimum absolute atomic E-state index is 0.117. The van der Waals surface area contributed by atoms with E-state index >= 15 is 0 Å². The molecule has 1 rings (SSSR count). The van der Waals surface area contributed by atoms with Gasteiger partial charge < -0.3 is 4.74 Å². The average Bonchev–Trinajstić information content (AvgIpc) is 2.23. The van der Waals surface area contributed by atoms with Gasteiger partial charge in [-0.05, 0) is 31.9 Å². The van der Waals surface area contributed by atoms with Crippen LogP contribution in [0.1, 0.15) is 23.6 Å². The van der Waals surface area contributed by atoms with Crippen LogP contribution < -0.4 is 0 Å². The van der Waals surface area contributed by atoms with Crippen LogP contribution in [0.4, 0.5) is 0 Å². The van der Waals surface area contributed by atoms with Crippen LogP contribution in [0.25, 0.3) is 0 Å². The number of ether oxygens (including phenoxy) is 1. The molecule has 0 fully saturated rings. The maximum atomic E-state index is 11.5. The summed E-state index contributed by atoms with van der Waals surface area (Å²) in [6.07, 6.45) is 0.117. The lowest BCUT2D eigenvalue weighted by molar-refractivity contribution is -0.153. The predicted molar refractivity (Wildman–Crippen MR) is 61.3 cm³/mol. The van der Waals surface area contributed by atoms with E-state index in [0.29, 0.717) is 0 Å². The topological polar surface area (TPSA) is 43.4 Å². The highest BCUT2D eigenvalue weighted by molar-refractivity contribution is 6.34. The van der Waals surface area contributed by atoms with E-state index in [9.17, 15) is 9.59 Å². The number of carbonyl (C=O) groups is 2. The quantitative estimate of drug-likeness (QED) is 0.575. The lowest BCUT2D eigenvalue weighted by atomic mass is 10.0. The van der Waals surface area contributed by atoms with Gasteiger partial charge in [0.05, 0.1) is 6.61 Å². The number of rotatable bonds is 4. The van der Waals surface area contributed by atoms with Gasteiger partial charge in [0, 0.05) is 6.42 Å². The molecule has 16 heavy (non-hydrogen) atoms. The fourth-order valence-electron chi connectivity index (χ4n) is 1.45. The molecule has 0 aliphatic carbocycles. The number of aryl methyl sites for hydroxylation is 2. The van der Waals surface area contributed by atoms with E-state index < -0.39 is 11.8 Å². The molecule has 0 N–H and O–H groups in total. The van der Waals surface area contributed by atoms with Crippen molar-refractivity contribution in [3.8, 4) is 0 Å². The first kappa shape index (κ1) is 12.4. The number of hydrogen-bond donors (Lipinski definition) is 0. The van der Waals surface area contributed by atoms with E-state index in [0.717, 1.165) is 16.7 Å². The van der Waals surface area contributed by atoms with Gasteiger partial charge in [0.1, 0.15) is 0 Å². The van der Waals surface area contributed by atoms with Crippen molar-refractivity contribution in [2.75, 3.05) is 6.61 Å². The smallest absolute Gasteiger partial charge is 0.374 e. The third kappa shape index (κ3) is 3.19. The van der Waals surface area contributed by atoms with Gasteiger partial charge in [-0.25, -0.2) is 4.79 Å². The molecule has 0 aliphatic heterocycles. The van der Waals surface area contributed by atoms with Gasteiger partial charge >= 0.3 is 5.97 Å². The summed E-state index contributed by atoms with van der Waals surface area (Å²) in [7, 11) is 0. The van der Waals surface area contributed by atoms with Gasteiger partial charge in [-0.15, -0.1) is 0 Å². The highest BCUT2D eigenvalue weighted by atomic mass is 16.5. The first-order valence-corrected chi connectivity index (χ1v) is 5.30. The highest BCUT2D eigenvalue weighted by Crippen LogP contribution is 2.11. The van der Waals surface area contributed by atoms with Crippen molar-refractivity contribution < 1.29 is 14.3 Å². The van der Waals surface area contributed by atoms with E-state index in [2.05, 4.69) is 4.74 Å². The van der Waals surface area contributed by atoms with Crippen molar-refractivity contribution in [2.24, 2.45) is 0 Å². The molecular weight excluding hydrogens is 204 g/mol. The Morgan fingerprint density at radius 1 is 1.25 bits per heavy atom. The van der Waals surface area contributed by atoms with E-state index in [4.69, 9.17) is 0 Å². The van der Waals surface area contributed by atoms with Crippen molar-refractivity contribution in [1.29, 1.82) is 0 Å². The second kappa shape index (κ2) is 5.45. The number of hydrogen-bond acceptors (Lipinski definition) is 3. The molecule has 1 aromatic rings. The second-order valence-electron chi connectivity index (χ2n) is 3.75. The zero-order chi connectivity index (χ0) is 12.1. The van der Waals surface area contributed by atoms with Crippen LogP contribution in [-0.2, 0) is 20.7 Å². The minimum atomic E-state index is -0.747. The van der Waals surface area contributed by atoms with Gasteiger partial charge in [0.2, 0.25) is 5.78 Å².